The van der Waals surface area contributed by atoms with Gasteiger partial charge in [0.15, 0.2) is 0 Å². The summed E-state index contributed by atoms with van der Waals surface area (Å²) in [6, 6.07) is 8.62. The molecule has 2 unspecified atom stereocenters. The minimum atomic E-state index is -0.420. The van der Waals surface area contributed by atoms with Crippen LogP contribution in [0, 0.1) is 5.92 Å². The predicted molar refractivity (Wildman–Crippen MR) is 96.6 cm³/mol. The Morgan fingerprint density at radius 2 is 2.04 bits per heavy atom. The molecular weight excluding hydrogens is 302 g/mol. The molecule has 5 heteroatoms. The van der Waals surface area contributed by atoms with E-state index < -0.39 is 6.10 Å². The highest BCUT2D eigenvalue weighted by Gasteiger charge is 2.27. The first-order chi connectivity index (χ1) is 11.4. The number of aliphatic hydroxyl groups is 1. The van der Waals surface area contributed by atoms with Crippen molar-refractivity contribution in [3.05, 3.63) is 35.4 Å². The van der Waals surface area contributed by atoms with E-state index in [1.807, 2.05) is 19.1 Å². The first-order valence-corrected chi connectivity index (χ1v) is 8.86. The van der Waals surface area contributed by atoms with Crippen molar-refractivity contribution >= 4 is 6.03 Å². The Morgan fingerprint density at radius 3 is 2.67 bits per heavy atom. The Bertz CT molecular complexity index is 547. The molecule has 24 heavy (non-hydrogen) atoms. The molecule has 1 saturated heterocycles. The van der Waals surface area contributed by atoms with Crippen LogP contribution in [-0.2, 0) is 13.1 Å². The topological polar surface area (TPSA) is 55.8 Å². The van der Waals surface area contributed by atoms with Crippen molar-refractivity contribution in [2.24, 2.45) is 5.92 Å². The molecule has 1 heterocycles. The lowest BCUT2D eigenvalue weighted by atomic mass is 9.96. The average Bonchev–Trinajstić information content (AvgIpc) is 2.56. The summed E-state index contributed by atoms with van der Waals surface area (Å²) in [6.07, 6.45) is 0.432. The Balaban J connectivity index is 1.93. The van der Waals surface area contributed by atoms with Crippen LogP contribution < -0.4 is 5.32 Å². The van der Waals surface area contributed by atoms with E-state index in [9.17, 15) is 9.90 Å². The number of urea groups is 1. The number of hydrogen-bond donors (Lipinski definition) is 2. The third-order valence-electron chi connectivity index (χ3n) is 5.06. The van der Waals surface area contributed by atoms with Gasteiger partial charge in [0.05, 0.1) is 6.10 Å². The average molecular weight is 333 g/mol. The first kappa shape index (κ1) is 18.7. The van der Waals surface area contributed by atoms with Crippen molar-refractivity contribution in [1.82, 2.24) is 15.1 Å². The number of carbonyl (C=O) groups excluding carboxylic acids is 1. The molecule has 1 aliphatic heterocycles. The van der Waals surface area contributed by atoms with Crippen molar-refractivity contribution < 1.29 is 9.90 Å². The van der Waals surface area contributed by atoms with E-state index in [1.54, 1.807) is 4.90 Å². The molecule has 0 aromatic heterocycles. The quantitative estimate of drug-likeness (QED) is 0.870. The van der Waals surface area contributed by atoms with Gasteiger partial charge >= 0.3 is 6.03 Å². The Hall–Kier alpha value is -1.59. The van der Waals surface area contributed by atoms with Gasteiger partial charge in [0.25, 0.3) is 0 Å². The van der Waals surface area contributed by atoms with Crippen molar-refractivity contribution in [3.63, 3.8) is 0 Å². The molecule has 2 rings (SSSR count). The number of nitrogens with one attached hydrogen (secondary N) is 1. The number of carbonyl (C=O) groups is 1. The lowest BCUT2D eigenvalue weighted by Gasteiger charge is -2.34. The van der Waals surface area contributed by atoms with E-state index in [0.29, 0.717) is 25.7 Å². The maximum absolute atomic E-state index is 12.4. The van der Waals surface area contributed by atoms with Gasteiger partial charge in [-0.1, -0.05) is 31.2 Å². The molecule has 134 valence electrons. The minimum Gasteiger partial charge on any atom is -0.391 e. The van der Waals surface area contributed by atoms with Gasteiger partial charge in [0.1, 0.15) is 0 Å². The van der Waals surface area contributed by atoms with E-state index in [0.717, 1.165) is 18.5 Å². The summed E-state index contributed by atoms with van der Waals surface area (Å²) in [5, 5.41) is 13.0. The van der Waals surface area contributed by atoms with Crippen LogP contribution in [0.15, 0.2) is 24.3 Å². The van der Waals surface area contributed by atoms with Crippen LogP contribution >= 0.6 is 0 Å². The molecule has 0 aliphatic carbocycles. The number of hydrogen-bond acceptors (Lipinski definition) is 3. The summed E-state index contributed by atoms with van der Waals surface area (Å²) in [4.78, 5) is 16.4. The number of β-amino-alcohol motifs (C(OH)–C–C–N with tert-alkyl or cyclic N) is 1. The number of benzene rings is 1. The lowest BCUT2D eigenvalue weighted by molar-refractivity contribution is 0.0435. The number of rotatable bonds is 5. The van der Waals surface area contributed by atoms with Crippen molar-refractivity contribution in [2.45, 2.75) is 52.4 Å². The zero-order valence-electron chi connectivity index (χ0n) is 15.3. The van der Waals surface area contributed by atoms with E-state index in [2.05, 4.69) is 43.2 Å². The van der Waals surface area contributed by atoms with Crippen LogP contribution in [-0.4, -0.2) is 53.2 Å². The molecule has 0 radical (unpaired) electrons. The van der Waals surface area contributed by atoms with Crippen LogP contribution in [0.5, 0.6) is 0 Å². The van der Waals surface area contributed by atoms with E-state index in [4.69, 9.17) is 0 Å². The number of nitrogens with zero attached hydrogens (tertiary/aromatic N) is 2. The summed E-state index contributed by atoms with van der Waals surface area (Å²) in [7, 11) is 2.11. The fourth-order valence-corrected chi connectivity index (χ4v) is 2.85. The second kappa shape index (κ2) is 8.49. The molecular formula is C19H31N3O2. The molecule has 0 spiro atoms. The highest BCUT2D eigenvalue weighted by Crippen LogP contribution is 2.17. The van der Waals surface area contributed by atoms with Gasteiger partial charge in [-0.2, -0.15) is 0 Å². The standard InChI is InChI=1S/C19H31N3O2/c1-14(2)21(4)12-17-8-6-5-7-16(17)11-20-19(24)22-10-9-15(3)18(23)13-22/h5-8,14-15,18,23H,9-13H2,1-4H3,(H,20,24). The smallest absolute Gasteiger partial charge is 0.317 e. The monoisotopic (exact) mass is 333 g/mol. The predicted octanol–water partition coefficient (Wildman–Crippen LogP) is 2.44. The summed E-state index contributed by atoms with van der Waals surface area (Å²) in [5.74, 6) is 0.265. The molecule has 1 aromatic rings. The highest BCUT2D eigenvalue weighted by molar-refractivity contribution is 5.74. The minimum absolute atomic E-state index is 0.0898. The van der Waals surface area contributed by atoms with Crippen molar-refractivity contribution in [1.29, 1.82) is 0 Å². The second-order valence-electron chi connectivity index (χ2n) is 7.22. The van der Waals surface area contributed by atoms with Gasteiger partial charge in [-0.25, -0.2) is 4.79 Å². The number of amides is 2. The van der Waals surface area contributed by atoms with Crippen LogP contribution in [0.1, 0.15) is 38.3 Å². The first-order valence-electron chi connectivity index (χ1n) is 8.86. The summed E-state index contributed by atoms with van der Waals surface area (Å²) >= 11 is 0. The summed E-state index contributed by atoms with van der Waals surface area (Å²) < 4.78 is 0. The molecule has 1 fully saturated rings. The maximum Gasteiger partial charge on any atom is 0.317 e. The third-order valence-corrected chi connectivity index (χ3v) is 5.06. The van der Waals surface area contributed by atoms with Gasteiger partial charge in [-0.05, 0) is 44.4 Å². The molecule has 2 atom stereocenters. The van der Waals surface area contributed by atoms with Gasteiger partial charge < -0.3 is 15.3 Å². The van der Waals surface area contributed by atoms with Gasteiger partial charge in [0.2, 0.25) is 0 Å². The molecule has 1 aliphatic rings. The molecule has 0 saturated carbocycles. The molecule has 1 aromatic carbocycles. The van der Waals surface area contributed by atoms with Crippen LogP contribution in [0.3, 0.4) is 0 Å². The number of piperidine rings is 1. The Morgan fingerprint density at radius 1 is 1.38 bits per heavy atom. The maximum atomic E-state index is 12.4. The van der Waals surface area contributed by atoms with Gasteiger partial charge in [0, 0.05) is 32.2 Å². The SMILES string of the molecule is CC1CCN(C(=O)NCc2ccccc2CN(C)C(C)C)CC1O. The van der Waals surface area contributed by atoms with Gasteiger partial charge in [-0.3, -0.25) is 4.90 Å². The number of likely N-dealkylation sites (tertiary alicyclic amines) is 1. The molecule has 0 bridgehead atoms. The van der Waals surface area contributed by atoms with E-state index in [-0.39, 0.29) is 11.9 Å². The zero-order valence-corrected chi connectivity index (χ0v) is 15.3. The van der Waals surface area contributed by atoms with E-state index >= 15 is 0 Å². The molecule has 5 nitrogen and oxygen atoms in total. The molecule has 2 N–H and O–H groups in total. The second-order valence-corrected chi connectivity index (χ2v) is 7.22. The van der Waals surface area contributed by atoms with Crippen molar-refractivity contribution in [2.75, 3.05) is 20.1 Å². The normalized spacial score (nSPS) is 21.4. The Labute approximate surface area is 145 Å². The summed E-state index contributed by atoms with van der Waals surface area (Å²) in [6.45, 7) is 8.89. The fraction of sp³-hybridized carbons (Fsp3) is 0.632. The van der Waals surface area contributed by atoms with Gasteiger partial charge in [-0.15, -0.1) is 0 Å². The lowest BCUT2D eigenvalue weighted by Crippen LogP contribution is -2.49. The van der Waals surface area contributed by atoms with Crippen molar-refractivity contribution in [3.8, 4) is 0 Å². The molecule has 2 amide bonds. The van der Waals surface area contributed by atoms with Crippen LogP contribution in [0.4, 0.5) is 4.79 Å². The highest BCUT2D eigenvalue weighted by atomic mass is 16.3. The fourth-order valence-electron chi connectivity index (χ4n) is 2.85. The third kappa shape index (κ3) is 4.95. The summed E-state index contributed by atoms with van der Waals surface area (Å²) in [5.41, 5.74) is 2.38. The van der Waals surface area contributed by atoms with Crippen LogP contribution in [0.25, 0.3) is 0 Å². The zero-order chi connectivity index (χ0) is 17.7. The van der Waals surface area contributed by atoms with Crippen LogP contribution in [0.2, 0.25) is 0 Å². The largest absolute Gasteiger partial charge is 0.391 e. The van der Waals surface area contributed by atoms with E-state index in [1.165, 1.54) is 5.56 Å². The Kier molecular flexibility index (Phi) is 6.63. The number of aliphatic hydroxyl groups excluding tert-OH is 1.